The lowest BCUT2D eigenvalue weighted by atomic mass is 9.99. The normalized spacial score (nSPS) is 14.7. The maximum absolute atomic E-state index is 9.95. The molecule has 2 atom stereocenters. The number of ether oxygens (including phenoxy) is 2. The summed E-state index contributed by atoms with van der Waals surface area (Å²) in [6.45, 7) is 0.538. The number of hydrogen-bond donors (Lipinski definition) is 2. The molecule has 4 heteroatoms. The molecule has 0 aromatic heterocycles. The Kier molecular flexibility index (Phi) is 8.09. The number of methoxy groups -OCH3 is 1. The highest BCUT2D eigenvalue weighted by atomic mass is 16.7. The van der Waals surface area contributed by atoms with E-state index in [1.807, 2.05) is 42.5 Å². The zero-order chi connectivity index (χ0) is 13.9. The van der Waals surface area contributed by atoms with Crippen LogP contribution in [0.1, 0.15) is 12.0 Å². The molecule has 2 N–H and O–H groups in total. The third kappa shape index (κ3) is 6.50. The van der Waals surface area contributed by atoms with Gasteiger partial charge in [-0.15, -0.1) is 0 Å². The first kappa shape index (κ1) is 15.9. The molecule has 106 valence electrons. The van der Waals surface area contributed by atoms with Crippen LogP contribution in [0, 0.1) is 5.92 Å². The lowest BCUT2D eigenvalue weighted by Gasteiger charge is -2.17. The average Bonchev–Trinajstić information content (AvgIpc) is 2.45. The molecule has 1 aromatic rings. The molecule has 1 rings (SSSR count). The molecule has 19 heavy (non-hydrogen) atoms. The van der Waals surface area contributed by atoms with Crippen molar-refractivity contribution in [3.05, 3.63) is 42.0 Å². The van der Waals surface area contributed by atoms with Crippen LogP contribution in [0.15, 0.2) is 36.4 Å². The van der Waals surface area contributed by atoms with Gasteiger partial charge in [0.1, 0.15) is 6.79 Å². The largest absolute Gasteiger partial charge is 0.396 e. The lowest BCUT2D eigenvalue weighted by Crippen LogP contribution is -2.23. The number of hydrogen-bond acceptors (Lipinski definition) is 4. The van der Waals surface area contributed by atoms with Crippen molar-refractivity contribution < 1.29 is 19.7 Å². The van der Waals surface area contributed by atoms with E-state index in [2.05, 4.69) is 0 Å². The molecule has 0 radical (unpaired) electrons. The van der Waals surface area contributed by atoms with Crippen molar-refractivity contribution in [3.63, 3.8) is 0 Å². The van der Waals surface area contributed by atoms with Crippen molar-refractivity contribution in [2.75, 3.05) is 27.1 Å². The summed E-state index contributed by atoms with van der Waals surface area (Å²) in [6, 6.07) is 9.78. The van der Waals surface area contributed by atoms with Crippen LogP contribution >= 0.6 is 0 Å². The number of aliphatic hydroxyl groups is 2. The summed E-state index contributed by atoms with van der Waals surface area (Å²) in [5.74, 6) is -0.286. The van der Waals surface area contributed by atoms with Crippen molar-refractivity contribution in [2.24, 2.45) is 5.92 Å². The Morgan fingerprint density at radius 3 is 2.63 bits per heavy atom. The molecule has 1 aromatic carbocycles. The Morgan fingerprint density at radius 2 is 2.00 bits per heavy atom. The van der Waals surface area contributed by atoms with E-state index in [1.165, 1.54) is 0 Å². The van der Waals surface area contributed by atoms with E-state index in [-0.39, 0.29) is 19.3 Å². The van der Waals surface area contributed by atoms with Gasteiger partial charge in [-0.2, -0.15) is 0 Å². The Hall–Kier alpha value is -1.20. The van der Waals surface area contributed by atoms with E-state index in [4.69, 9.17) is 9.47 Å². The van der Waals surface area contributed by atoms with Crippen molar-refractivity contribution >= 4 is 6.08 Å². The maximum atomic E-state index is 9.95. The second kappa shape index (κ2) is 9.69. The first-order valence-corrected chi connectivity index (χ1v) is 6.36. The van der Waals surface area contributed by atoms with Crippen LogP contribution in [0.4, 0.5) is 0 Å². The quantitative estimate of drug-likeness (QED) is 0.527. The Bertz CT molecular complexity index is 350. The van der Waals surface area contributed by atoms with E-state index in [9.17, 15) is 10.2 Å². The van der Waals surface area contributed by atoms with E-state index < -0.39 is 6.10 Å². The summed E-state index contributed by atoms with van der Waals surface area (Å²) in [6.07, 6.45) is 3.58. The van der Waals surface area contributed by atoms with Crippen LogP contribution in [0.3, 0.4) is 0 Å². The van der Waals surface area contributed by atoms with Crippen LogP contribution in [0.2, 0.25) is 0 Å². The predicted octanol–water partition coefficient (Wildman–Crippen LogP) is 1.68. The van der Waals surface area contributed by atoms with Crippen LogP contribution in [0.5, 0.6) is 0 Å². The SMILES string of the molecule is COCOCC[C@H](O)[C@@H](/C=C/c1ccccc1)CO. The van der Waals surface area contributed by atoms with Crippen molar-refractivity contribution in [1.82, 2.24) is 0 Å². The molecule has 0 fully saturated rings. The minimum atomic E-state index is -0.623. The van der Waals surface area contributed by atoms with E-state index in [0.29, 0.717) is 13.0 Å². The van der Waals surface area contributed by atoms with Gasteiger partial charge in [-0.05, 0) is 12.0 Å². The molecule has 4 nitrogen and oxygen atoms in total. The highest BCUT2D eigenvalue weighted by Crippen LogP contribution is 2.12. The van der Waals surface area contributed by atoms with Gasteiger partial charge in [-0.3, -0.25) is 0 Å². The monoisotopic (exact) mass is 266 g/mol. The standard InChI is InChI=1S/C15H22O4/c1-18-12-19-10-9-15(17)14(11-16)8-7-13-5-3-2-4-6-13/h2-8,14-17H,9-12H2,1H3/b8-7+/t14-,15-/m0/s1. The highest BCUT2D eigenvalue weighted by molar-refractivity contribution is 5.49. The summed E-state index contributed by atoms with van der Waals surface area (Å²) in [4.78, 5) is 0. The molecule has 0 aliphatic rings. The molecule has 0 saturated heterocycles. The third-order valence-corrected chi connectivity index (χ3v) is 2.80. The molecule has 0 heterocycles. The topological polar surface area (TPSA) is 58.9 Å². The van der Waals surface area contributed by atoms with Crippen molar-refractivity contribution in [1.29, 1.82) is 0 Å². The summed E-state index contributed by atoms with van der Waals surface area (Å²) in [5.41, 5.74) is 1.05. The molecule has 0 spiro atoms. The summed E-state index contributed by atoms with van der Waals surface area (Å²) in [7, 11) is 1.55. The van der Waals surface area contributed by atoms with Crippen LogP contribution in [0.25, 0.3) is 6.08 Å². The van der Waals surface area contributed by atoms with E-state index >= 15 is 0 Å². The highest BCUT2D eigenvalue weighted by Gasteiger charge is 2.15. The first-order chi connectivity index (χ1) is 9.27. The van der Waals surface area contributed by atoms with Crippen molar-refractivity contribution in [2.45, 2.75) is 12.5 Å². The van der Waals surface area contributed by atoms with Crippen LogP contribution < -0.4 is 0 Å². The molecule has 0 saturated carbocycles. The fourth-order valence-corrected chi connectivity index (χ4v) is 1.67. The first-order valence-electron chi connectivity index (χ1n) is 6.36. The number of benzene rings is 1. The maximum Gasteiger partial charge on any atom is 0.146 e. The molecule has 0 amide bonds. The molecular weight excluding hydrogens is 244 g/mol. The molecule has 0 unspecified atom stereocenters. The van der Waals surface area contributed by atoms with Crippen LogP contribution in [-0.2, 0) is 9.47 Å². The second-order valence-corrected chi connectivity index (χ2v) is 4.29. The van der Waals surface area contributed by atoms with Gasteiger partial charge >= 0.3 is 0 Å². The Morgan fingerprint density at radius 1 is 1.26 bits per heavy atom. The number of aliphatic hydroxyl groups excluding tert-OH is 2. The van der Waals surface area contributed by atoms with Gasteiger partial charge in [0.15, 0.2) is 0 Å². The molecule has 0 aliphatic carbocycles. The average molecular weight is 266 g/mol. The van der Waals surface area contributed by atoms with Crippen molar-refractivity contribution in [3.8, 4) is 0 Å². The van der Waals surface area contributed by atoms with Gasteiger partial charge in [-0.25, -0.2) is 0 Å². The third-order valence-electron chi connectivity index (χ3n) is 2.80. The summed E-state index contributed by atoms with van der Waals surface area (Å²) < 4.78 is 9.87. The van der Waals surface area contributed by atoms with Gasteiger partial charge in [0, 0.05) is 13.0 Å². The summed E-state index contributed by atoms with van der Waals surface area (Å²) >= 11 is 0. The minimum Gasteiger partial charge on any atom is -0.396 e. The Balaban J connectivity index is 2.41. The fourth-order valence-electron chi connectivity index (χ4n) is 1.67. The zero-order valence-corrected chi connectivity index (χ0v) is 11.2. The molecule has 0 bridgehead atoms. The second-order valence-electron chi connectivity index (χ2n) is 4.29. The van der Waals surface area contributed by atoms with E-state index in [0.717, 1.165) is 5.56 Å². The number of rotatable bonds is 9. The smallest absolute Gasteiger partial charge is 0.146 e. The van der Waals surface area contributed by atoms with Gasteiger partial charge in [-0.1, -0.05) is 42.5 Å². The minimum absolute atomic E-state index is 0.0885. The van der Waals surface area contributed by atoms with Gasteiger partial charge in [0.2, 0.25) is 0 Å². The van der Waals surface area contributed by atoms with Gasteiger partial charge in [0.05, 0.1) is 19.3 Å². The van der Waals surface area contributed by atoms with Gasteiger partial charge < -0.3 is 19.7 Å². The molecular formula is C15H22O4. The molecule has 0 aliphatic heterocycles. The van der Waals surface area contributed by atoms with Crippen LogP contribution in [-0.4, -0.2) is 43.4 Å². The Labute approximate surface area is 114 Å². The zero-order valence-electron chi connectivity index (χ0n) is 11.2. The predicted molar refractivity (Wildman–Crippen MR) is 74.5 cm³/mol. The van der Waals surface area contributed by atoms with Gasteiger partial charge in [0.25, 0.3) is 0 Å². The van der Waals surface area contributed by atoms with E-state index in [1.54, 1.807) is 7.11 Å². The fraction of sp³-hybridized carbons (Fsp3) is 0.467. The lowest BCUT2D eigenvalue weighted by molar-refractivity contribution is -0.0442. The summed E-state index contributed by atoms with van der Waals surface area (Å²) in [5, 5.41) is 19.3.